The van der Waals surface area contributed by atoms with Crippen molar-refractivity contribution in [3.63, 3.8) is 0 Å². The normalized spacial score (nSPS) is 11.5. The number of benzene rings is 4. The highest BCUT2D eigenvalue weighted by molar-refractivity contribution is 9.10. The van der Waals surface area contributed by atoms with E-state index in [1.54, 1.807) is 97.3 Å². The first kappa shape index (κ1) is 41.2. The number of aromatic nitrogens is 5. The first-order valence-corrected chi connectivity index (χ1v) is 21.1. The maximum absolute atomic E-state index is 12.4. The Morgan fingerprint density at radius 1 is 0.667 bits per heavy atom. The van der Waals surface area contributed by atoms with Crippen LogP contribution >= 0.6 is 39.1 Å². The number of carbonyl (C=O) groups excluding carboxylic acids is 2. The number of fused-ring (bicyclic) bond motifs is 1. The van der Waals surface area contributed by atoms with Crippen LogP contribution < -0.4 is 20.9 Å². The van der Waals surface area contributed by atoms with Crippen molar-refractivity contribution in [2.24, 2.45) is 10.3 Å². The van der Waals surface area contributed by atoms with Gasteiger partial charge in [0.2, 0.25) is 31.9 Å². The van der Waals surface area contributed by atoms with E-state index < -0.39 is 20.0 Å². The highest BCUT2D eigenvalue weighted by atomic mass is 79.9. The largest absolute Gasteiger partial charge is 0.326 e. The van der Waals surface area contributed by atoms with Crippen LogP contribution in [-0.4, -0.2) is 52.7 Å². The molecule has 4 aromatic carbocycles. The summed E-state index contributed by atoms with van der Waals surface area (Å²) in [7, 11) is -8.13. The highest BCUT2D eigenvalue weighted by Gasteiger charge is 2.20. The van der Waals surface area contributed by atoms with E-state index in [4.69, 9.17) is 33.5 Å². The number of rotatable bonds is 10. The molecule has 0 aliphatic carbocycles. The molecule has 7 rings (SSSR count). The number of nitrogens with one attached hydrogen (secondary N) is 2. The Kier molecular flexibility index (Phi) is 12.5. The molecule has 57 heavy (non-hydrogen) atoms. The molecule has 6 N–H and O–H groups in total. The standard InChI is InChI=1S/C20H16ClN5O3S.C17H14BrClN4O3S/c21-15-5-2-1-4-13(15)10-19(27)25-14-7-8-17(18(11-14)30(22,28)29)26-12-24-16-6-3-9-23-20(16)26;18-16-9-23(10-21-16)14-6-5-12(8-15(14)27(20,25)26)22-17(24)7-11-3-1-2-4-13(11)19/h1-9,11-12H,10H2,(H,25,27)(H2,22,28,29);1-6,8-10H,7H2,(H,22,24)(H2,20,25,26). The summed E-state index contributed by atoms with van der Waals surface area (Å²) >= 11 is 15.4. The average molecular weight is 912 g/mol. The van der Waals surface area contributed by atoms with Gasteiger partial charge in [0.25, 0.3) is 0 Å². The van der Waals surface area contributed by atoms with E-state index in [1.165, 1.54) is 33.9 Å². The molecule has 292 valence electrons. The second-order valence-corrected chi connectivity index (χ2v) is 16.8. The number of pyridine rings is 1. The lowest BCUT2D eigenvalue weighted by atomic mass is 10.1. The second kappa shape index (κ2) is 17.3. The van der Waals surface area contributed by atoms with Crippen LogP contribution in [0.25, 0.3) is 22.5 Å². The molecule has 3 heterocycles. The minimum atomic E-state index is -4.10. The van der Waals surface area contributed by atoms with Crippen LogP contribution in [0.1, 0.15) is 11.1 Å². The number of nitrogens with zero attached hydrogens (tertiary/aromatic N) is 5. The van der Waals surface area contributed by atoms with E-state index in [9.17, 15) is 26.4 Å². The lowest BCUT2D eigenvalue weighted by Gasteiger charge is -2.12. The molecular formula is C37H30BrCl2N9O6S2. The lowest BCUT2D eigenvalue weighted by Crippen LogP contribution is -2.18. The molecule has 0 atom stereocenters. The van der Waals surface area contributed by atoms with E-state index in [-0.39, 0.29) is 45.8 Å². The number of nitrogens with two attached hydrogens (primary N) is 2. The van der Waals surface area contributed by atoms with E-state index in [2.05, 4.69) is 41.5 Å². The first-order chi connectivity index (χ1) is 27.1. The summed E-state index contributed by atoms with van der Waals surface area (Å²) in [6.07, 6.45) is 6.20. The molecule has 7 aromatic rings. The second-order valence-electron chi connectivity index (χ2n) is 12.2. The molecule has 2 amide bonds. The Hall–Kier alpha value is -5.47. The maximum atomic E-state index is 12.4. The van der Waals surface area contributed by atoms with Gasteiger partial charge in [-0.3, -0.25) is 14.2 Å². The van der Waals surface area contributed by atoms with Gasteiger partial charge in [-0.2, -0.15) is 0 Å². The van der Waals surface area contributed by atoms with Gasteiger partial charge in [-0.25, -0.2) is 42.1 Å². The fourth-order valence-corrected chi connectivity index (χ4v) is 7.77. The number of primary sulfonamides is 2. The zero-order valence-electron chi connectivity index (χ0n) is 29.3. The van der Waals surface area contributed by atoms with E-state index in [0.29, 0.717) is 48.3 Å². The number of amides is 2. The Morgan fingerprint density at radius 2 is 1.19 bits per heavy atom. The summed E-state index contributed by atoms with van der Waals surface area (Å²) in [6.45, 7) is 0. The molecule has 0 aliphatic heterocycles. The van der Waals surface area contributed by atoms with Crippen molar-refractivity contribution in [2.75, 3.05) is 10.6 Å². The zero-order valence-corrected chi connectivity index (χ0v) is 34.0. The number of hydrogen-bond acceptors (Lipinski definition) is 9. The Labute approximate surface area is 344 Å². The molecule has 0 spiro atoms. The summed E-state index contributed by atoms with van der Waals surface area (Å²) in [6, 6.07) is 26.4. The molecule has 20 heteroatoms. The van der Waals surface area contributed by atoms with E-state index in [0.717, 1.165) is 0 Å². The smallest absolute Gasteiger partial charge is 0.240 e. The van der Waals surface area contributed by atoms with Crippen LogP contribution in [0.4, 0.5) is 11.4 Å². The summed E-state index contributed by atoms with van der Waals surface area (Å²) in [5.41, 5.74) is 3.62. The number of carbonyl (C=O) groups is 2. The summed E-state index contributed by atoms with van der Waals surface area (Å²) in [5.74, 6) is -0.674. The number of anilines is 2. The van der Waals surface area contributed by atoms with Crippen molar-refractivity contribution in [3.05, 3.63) is 148 Å². The van der Waals surface area contributed by atoms with Gasteiger partial charge in [-0.05, 0) is 87.7 Å². The number of imidazole rings is 2. The molecular weight excluding hydrogens is 881 g/mol. The third-order valence-corrected chi connectivity index (χ3v) is 11.1. The molecule has 0 bridgehead atoms. The first-order valence-electron chi connectivity index (χ1n) is 16.5. The average Bonchev–Trinajstić information content (AvgIpc) is 3.79. The zero-order chi connectivity index (χ0) is 40.9. The van der Waals surface area contributed by atoms with Crippen LogP contribution in [0.15, 0.2) is 137 Å². The van der Waals surface area contributed by atoms with Crippen molar-refractivity contribution in [1.29, 1.82) is 0 Å². The monoisotopic (exact) mass is 909 g/mol. The number of halogens is 3. The molecule has 0 radical (unpaired) electrons. The lowest BCUT2D eigenvalue weighted by molar-refractivity contribution is -0.116. The van der Waals surface area contributed by atoms with Gasteiger partial charge in [-0.15, -0.1) is 0 Å². The molecule has 0 saturated heterocycles. The fourth-order valence-electron chi connectivity index (χ4n) is 5.55. The third kappa shape index (κ3) is 10.3. The number of sulfonamides is 2. The quantitative estimate of drug-likeness (QED) is 0.126. The maximum Gasteiger partial charge on any atom is 0.240 e. The summed E-state index contributed by atoms with van der Waals surface area (Å²) in [5, 5.41) is 17.1. The van der Waals surface area contributed by atoms with Gasteiger partial charge in [0, 0.05) is 33.8 Å². The van der Waals surface area contributed by atoms with Crippen LogP contribution in [0, 0.1) is 0 Å². The van der Waals surface area contributed by atoms with Crippen molar-refractivity contribution in [3.8, 4) is 11.4 Å². The van der Waals surface area contributed by atoms with Gasteiger partial charge in [0.15, 0.2) is 5.65 Å². The van der Waals surface area contributed by atoms with Crippen LogP contribution in [-0.2, 0) is 42.5 Å². The third-order valence-electron chi connectivity index (χ3n) is 8.11. The molecule has 3 aromatic heterocycles. The van der Waals surface area contributed by atoms with Gasteiger partial charge >= 0.3 is 0 Å². The minimum Gasteiger partial charge on any atom is -0.326 e. The summed E-state index contributed by atoms with van der Waals surface area (Å²) in [4.78, 5) is 36.9. The van der Waals surface area contributed by atoms with Gasteiger partial charge in [0.1, 0.15) is 32.6 Å². The van der Waals surface area contributed by atoms with E-state index >= 15 is 0 Å². The predicted octanol–water partition coefficient (Wildman–Crippen LogP) is 6.02. The molecule has 0 saturated carbocycles. The van der Waals surface area contributed by atoms with Crippen LogP contribution in [0.5, 0.6) is 0 Å². The van der Waals surface area contributed by atoms with Crippen molar-refractivity contribution in [2.45, 2.75) is 22.6 Å². The summed E-state index contributed by atoms with van der Waals surface area (Å²) < 4.78 is 52.1. The van der Waals surface area contributed by atoms with Crippen molar-refractivity contribution in [1.82, 2.24) is 24.1 Å². The van der Waals surface area contributed by atoms with Crippen molar-refractivity contribution < 1.29 is 26.4 Å². The molecule has 15 nitrogen and oxygen atoms in total. The number of hydrogen-bond donors (Lipinski definition) is 4. The SMILES string of the molecule is NS(=O)(=O)c1cc(NC(=O)Cc2ccccc2Cl)ccc1-n1cnc(Br)c1.NS(=O)(=O)c1cc(NC(=O)Cc2ccccc2Cl)ccc1-n1cnc2cccnc21. The van der Waals surface area contributed by atoms with Crippen LogP contribution in [0.3, 0.4) is 0 Å². The Balaban J connectivity index is 0.000000194. The molecule has 0 aliphatic rings. The highest BCUT2D eigenvalue weighted by Crippen LogP contribution is 2.27. The fraction of sp³-hybridized carbons (Fsp3) is 0.0541. The Morgan fingerprint density at radius 3 is 1.70 bits per heavy atom. The van der Waals surface area contributed by atoms with Gasteiger partial charge in [-0.1, -0.05) is 59.6 Å². The Bertz CT molecular complexity index is 2870. The van der Waals surface area contributed by atoms with E-state index in [1.807, 2.05) is 0 Å². The van der Waals surface area contributed by atoms with Gasteiger partial charge in [0.05, 0.1) is 24.2 Å². The van der Waals surface area contributed by atoms with Gasteiger partial charge < -0.3 is 15.2 Å². The molecule has 0 fully saturated rings. The predicted molar refractivity (Wildman–Crippen MR) is 220 cm³/mol. The minimum absolute atomic E-state index is 0.0439. The molecule has 0 unspecified atom stereocenters. The van der Waals surface area contributed by atoms with Crippen LogP contribution in [0.2, 0.25) is 10.0 Å². The topological polar surface area (TPSA) is 227 Å². The van der Waals surface area contributed by atoms with Crippen molar-refractivity contribution >= 4 is 93.5 Å².